The average molecular weight is 492 g/mol. The van der Waals surface area contributed by atoms with Gasteiger partial charge in [-0.3, -0.25) is 4.98 Å². The first-order valence-electron chi connectivity index (χ1n) is 10.3. The predicted octanol–water partition coefficient (Wildman–Crippen LogP) is 5.54. The van der Waals surface area contributed by atoms with E-state index in [1.54, 1.807) is 43.6 Å². The van der Waals surface area contributed by atoms with Crippen LogP contribution in [-0.4, -0.2) is 30.7 Å². The molecule has 0 aliphatic carbocycles. The molecule has 5 rings (SSSR count). The van der Waals surface area contributed by atoms with E-state index in [1.165, 1.54) is 29.0 Å². The number of aromatic nitrogens is 3. The number of hydrogen-bond donors (Lipinski definition) is 0. The van der Waals surface area contributed by atoms with E-state index in [1.807, 2.05) is 24.3 Å². The van der Waals surface area contributed by atoms with Crippen molar-refractivity contribution in [3.63, 3.8) is 0 Å². The van der Waals surface area contributed by atoms with Crippen molar-refractivity contribution in [1.29, 1.82) is 0 Å². The maximum absolute atomic E-state index is 13.7. The van der Waals surface area contributed by atoms with Crippen LogP contribution in [0.5, 0.6) is 5.75 Å². The first-order chi connectivity index (χ1) is 16.4. The van der Waals surface area contributed by atoms with E-state index < -0.39 is 9.84 Å². The molecule has 0 bridgehead atoms. The molecule has 0 unspecified atom stereocenters. The third kappa shape index (κ3) is 4.27. The van der Waals surface area contributed by atoms with Crippen molar-refractivity contribution < 1.29 is 17.5 Å². The Morgan fingerprint density at radius 1 is 1.00 bits per heavy atom. The lowest BCUT2D eigenvalue weighted by Gasteiger charge is -2.13. The molecule has 34 heavy (non-hydrogen) atoms. The van der Waals surface area contributed by atoms with E-state index >= 15 is 0 Å². The number of pyridine rings is 1. The van der Waals surface area contributed by atoms with Gasteiger partial charge in [-0.05, 0) is 59.0 Å². The van der Waals surface area contributed by atoms with Crippen molar-refractivity contribution in [2.75, 3.05) is 7.11 Å². The van der Waals surface area contributed by atoms with Crippen LogP contribution in [0.4, 0.5) is 4.39 Å². The van der Waals surface area contributed by atoms with Crippen LogP contribution in [0.25, 0.3) is 33.2 Å². The van der Waals surface area contributed by atoms with Gasteiger partial charge in [0.1, 0.15) is 27.8 Å². The fourth-order valence-electron chi connectivity index (χ4n) is 3.80. The van der Waals surface area contributed by atoms with E-state index in [4.69, 9.17) is 4.74 Å². The summed E-state index contributed by atoms with van der Waals surface area (Å²) in [5.74, 6) is 0.0686. The maximum Gasteiger partial charge on any atom is 0.184 e. The van der Waals surface area contributed by atoms with Crippen molar-refractivity contribution in [3.05, 3.63) is 89.3 Å². The highest BCUT2D eigenvalue weighted by Crippen LogP contribution is 2.37. The average Bonchev–Trinajstić information content (AvgIpc) is 3.35. The van der Waals surface area contributed by atoms with Gasteiger partial charge in [0.2, 0.25) is 0 Å². The lowest BCUT2D eigenvalue weighted by molar-refractivity contribution is 0.416. The number of ether oxygens (including phenoxy) is 1. The normalized spacial score (nSPS) is 11.6. The summed E-state index contributed by atoms with van der Waals surface area (Å²) < 4.78 is 45.1. The fourth-order valence-corrected chi connectivity index (χ4v) is 5.98. The van der Waals surface area contributed by atoms with Crippen LogP contribution in [0.3, 0.4) is 0 Å². The lowest BCUT2D eigenvalue weighted by atomic mass is 9.99. The Morgan fingerprint density at radius 3 is 2.62 bits per heavy atom. The molecule has 0 aliphatic rings. The van der Waals surface area contributed by atoms with Crippen LogP contribution >= 0.6 is 11.3 Å². The van der Waals surface area contributed by atoms with Crippen LogP contribution in [-0.2, 0) is 15.6 Å². The summed E-state index contributed by atoms with van der Waals surface area (Å²) in [6.07, 6.45) is 1.64. The maximum atomic E-state index is 13.7. The van der Waals surface area contributed by atoms with Crippen molar-refractivity contribution in [2.24, 2.45) is 0 Å². The van der Waals surface area contributed by atoms with Crippen LogP contribution in [0, 0.1) is 5.82 Å². The minimum Gasteiger partial charge on any atom is -0.496 e. The van der Waals surface area contributed by atoms with Gasteiger partial charge in [-0.25, -0.2) is 12.8 Å². The standard InChI is InChI=1S/C25H18FN3O3S2/c1-32-23-13-17(16-3-2-4-19(26)11-16)5-7-22(23)25-21-8-6-20(12-18(21)9-10-27-25)34(30,31)14-24-29-28-15-33-24/h2-13,15H,14H2,1H3. The molecule has 0 amide bonds. The van der Waals surface area contributed by atoms with Gasteiger partial charge in [0.25, 0.3) is 0 Å². The Hall–Kier alpha value is -3.69. The van der Waals surface area contributed by atoms with Gasteiger partial charge in [0.05, 0.1) is 17.7 Å². The first-order valence-corrected chi connectivity index (χ1v) is 12.8. The minimum atomic E-state index is -3.57. The molecular weight excluding hydrogens is 473 g/mol. The van der Waals surface area contributed by atoms with Crippen molar-refractivity contribution in [3.8, 4) is 28.1 Å². The van der Waals surface area contributed by atoms with Gasteiger partial charge in [0.15, 0.2) is 9.84 Å². The number of benzene rings is 3. The first kappa shape index (κ1) is 22.1. The summed E-state index contributed by atoms with van der Waals surface area (Å²) in [6.45, 7) is 0. The van der Waals surface area contributed by atoms with Gasteiger partial charge in [-0.2, -0.15) is 0 Å². The Balaban J connectivity index is 1.56. The molecule has 0 atom stereocenters. The zero-order valence-electron chi connectivity index (χ0n) is 18.0. The Bertz CT molecular complexity index is 1600. The van der Waals surface area contributed by atoms with Crippen molar-refractivity contribution in [2.45, 2.75) is 10.6 Å². The number of rotatable bonds is 6. The minimum absolute atomic E-state index is 0.198. The SMILES string of the molecule is COc1cc(-c2cccc(F)c2)ccc1-c1nccc2cc(S(=O)(=O)Cc3nncs3)ccc12. The third-order valence-corrected chi connectivity index (χ3v) is 7.93. The van der Waals surface area contributed by atoms with Gasteiger partial charge >= 0.3 is 0 Å². The third-order valence-electron chi connectivity index (χ3n) is 5.43. The van der Waals surface area contributed by atoms with Crippen LogP contribution in [0.2, 0.25) is 0 Å². The molecule has 170 valence electrons. The lowest BCUT2D eigenvalue weighted by Crippen LogP contribution is -2.05. The molecule has 3 aromatic carbocycles. The summed E-state index contributed by atoms with van der Waals surface area (Å²) in [5.41, 5.74) is 4.47. The predicted molar refractivity (Wildman–Crippen MR) is 130 cm³/mol. The van der Waals surface area contributed by atoms with Crippen LogP contribution in [0.15, 0.2) is 83.3 Å². The van der Waals surface area contributed by atoms with Gasteiger partial charge in [0, 0.05) is 17.1 Å². The number of nitrogens with zero attached hydrogens (tertiary/aromatic N) is 3. The summed E-state index contributed by atoms with van der Waals surface area (Å²) in [5, 5.41) is 9.51. The van der Waals surface area contributed by atoms with Gasteiger partial charge in [-0.15, -0.1) is 21.5 Å². The second kappa shape index (κ2) is 8.92. The van der Waals surface area contributed by atoms with E-state index in [9.17, 15) is 12.8 Å². The molecule has 6 nitrogen and oxygen atoms in total. The summed E-state index contributed by atoms with van der Waals surface area (Å²) >= 11 is 1.21. The molecule has 5 aromatic rings. The molecule has 9 heteroatoms. The fraction of sp³-hybridized carbons (Fsp3) is 0.0800. The second-order valence-corrected chi connectivity index (χ2v) is 10.5. The monoisotopic (exact) mass is 491 g/mol. The van der Waals surface area contributed by atoms with Crippen molar-refractivity contribution in [1.82, 2.24) is 15.2 Å². The summed E-state index contributed by atoms with van der Waals surface area (Å²) in [6, 6.07) is 18.7. The Morgan fingerprint density at radius 2 is 1.85 bits per heavy atom. The molecular formula is C25H18FN3O3S2. The zero-order valence-corrected chi connectivity index (χ0v) is 19.6. The largest absolute Gasteiger partial charge is 0.496 e. The number of sulfone groups is 1. The smallest absolute Gasteiger partial charge is 0.184 e. The highest BCUT2D eigenvalue weighted by Gasteiger charge is 2.19. The molecule has 0 saturated carbocycles. The second-order valence-electron chi connectivity index (χ2n) is 7.56. The van der Waals surface area contributed by atoms with Gasteiger partial charge < -0.3 is 4.74 Å². The Kier molecular flexibility index (Phi) is 5.80. The van der Waals surface area contributed by atoms with Crippen molar-refractivity contribution >= 4 is 31.9 Å². The van der Waals surface area contributed by atoms with Gasteiger partial charge in [-0.1, -0.05) is 24.3 Å². The van der Waals surface area contributed by atoms with Crippen LogP contribution in [0.1, 0.15) is 5.01 Å². The number of halogens is 1. The molecule has 2 heterocycles. The summed E-state index contributed by atoms with van der Waals surface area (Å²) in [7, 11) is -2.01. The Labute approximate surface area is 199 Å². The topological polar surface area (TPSA) is 82.0 Å². The highest BCUT2D eigenvalue weighted by molar-refractivity contribution is 7.90. The summed E-state index contributed by atoms with van der Waals surface area (Å²) in [4.78, 5) is 4.76. The molecule has 0 N–H and O–H groups in total. The number of hydrogen-bond acceptors (Lipinski definition) is 7. The molecule has 0 saturated heterocycles. The molecule has 2 aromatic heterocycles. The van der Waals surface area contributed by atoms with E-state index in [2.05, 4.69) is 15.2 Å². The quantitative estimate of drug-likeness (QED) is 0.310. The van der Waals surface area contributed by atoms with E-state index in [-0.39, 0.29) is 16.5 Å². The number of methoxy groups -OCH3 is 1. The highest BCUT2D eigenvalue weighted by atomic mass is 32.2. The molecule has 0 fully saturated rings. The van der Waals surface area contributed by atoms with E-state index in [0.29, 0.717) is 16.5 Å². The van der Waals surface area contributed by atoms with Crippen LogP contribution < -0.4 is 4.74 Å². The molecule has 0 spiro atoms. The molecule has 0 radical (unpaired) electrons. The number of fused-ring (bicyclic) bond motifs is 1. The zero-order chi connectivity index (χ0) is 23.7. The molecule has 0 aliphatic heterocycles. The van der Waals surface area contributed by atoms with E-state index in [0.717, 1.165) is 27.5 Å².